The zero-order valence-electron chi connectivity index (χ0n) is 13.8. The summed E-state index contributed by atoms with van der Waals surface area (Å²) in [7, 11) is 0. The van der Waals surface area contributed by atoms with Crippen molar-refractivity contribution in [1.29, 1.82) is 0 Å². The van der Waals surface area contributed by atoms with Crippen molar-refractivity contribution in [3.8, 4) is 10.8 Å². The van der Waals surface area contributed by atoms with Crippen LogP contribution in [0.2, 0.25) is 0 Å². The van der Waals surface area contributed by atoms with Crippen molar-refractivity contribution >= 4 is 34.5 Å². The van der Waals surface area contributed by atoms with E-state index in [0.29, 0.717) is 27.8 Å². The maximum atomic E-state index is 12.3. The van der Waals surface area contributed by atoms with Crippen LogP contribution in [0.15, 0.2) is 75.3 Å². The summed E-state index contributed by atoms with van der Waals surface area (Å²) in [5.74, 6) is 0.181. The molecular weight excluding hydrogens is 366 g/mol. The summed E-state index contributed by atoms with van der Waals surface area (Å²) in [5.41, 5.74) is 1.48. The van der Waals surface area contributed by atoms with Crippen LogP contribution in [-0.4, -0.2) is 16.8 Å². The number of benzene rings is 1. The van der Waals surface area contributed by atoms with Crippen LogP contribution in [0.5, 0.6) is 0 Å². The Morgan fingerprint density at radius 3 is 2.15 bits per heavy atom. The quantitative estimate of drug-likeness (QED) is 0.532. The van der Waals surface area contributed by atoms with E-state index in [1.807, 2.05) is 0 Å². The Labute approximate surface area is 157 Å². The van der Waals surface area contributed by atoms with Gasteiger partial charge in [-0.2, -0.15) is 0 Å². The topological polar surface area (TPSA) is 97.4 Å². The molecule has 27 heavy (non-hydrogen) atoms. The van der Waals surface area contributed by atoms with Crippen molar-refractivity contribution in [2.75, 3.05) is 10.6 Å². The Balaban J connectivity index is 1.39. The molecule has 1 aromatic carbocycles. The van der Waals surface area contributed by atoms with Crippen molar-refractivity contribution in [1.82, 2.24) is 4.98 Å². The van der Waals surface area contributed by atoms with E-state index in [1.54, 1.807) is 60.2 Å². The molecule has 3 aromatic heterocycles. The first-order valence-corrected chi connectivity index (χ1v) is 8.83. The summed E-state index contributed by atoms with van der Waals surface area (Å²) in [4.78, 5) is 28.5. The Morgan fingerprint density at radius 1 is 0.852 bits per heavy atom. The Bertz CT molecular complexity index is 1050. The fourth-order valence-electron chi connectivity index (χ4n) is 2.32. The molecule has 2 N–H and O–H groups in total. The van der Waals surface area contributed by atoms with Crippen LogP contribution in [0.3, 0.4) is 0 Å². The average Bonchev–Trinajstić information content (AvgIpc) is 3.43. The van der Waals surface area contributed by atoms with Crippen LogP contribution in [0.1, 0.15) is 21.0 Å². The predicted molar refractivity (Wildman–Crippen MR) is 101 cm³/mol. The molecule has 0 fully saturated rings. The SMILES string of the molecule is O=C(Nc1ccc(NC(=O)c2ccco2)cc1)c1csc(-c2ccco2)n1. The molecule has 0 bridgehead atoms. The van der Waals surface area contributed by atoms with E-state index in [-0.39, 0.29) is 17.6 Å². The van der Waals surface area contributed by atoms with Gasteiger partial charge in [0.05, 0.1) is 12.5 Å². The standard InChI is InChI=1S/C19H13N3O4S/c23-17(14-11-27-19(22-14)16-4-2-10-26-16)20-12-5-7-13(8-6-12)21-18(24)15-3-1-9-25-15/h1-11H,(H,20,23)(H,21,24). The second-order valence-electron chi connectivity index (χ2n) is 5.48. The molecule has 0 unspecified atom stereocenters. The van der Waals surface area contributed by atoms with Gasteiger partial charge in [0.15, 0.2) is 16.5 Å². The largest absolute Gasteiger partial charge is 0.462 e. The van der Waals surface area contributed by atoms with Gasteiger partial charge in [-0.1, -0.05) is 0 Å². The lowest BCUT2D eigenvalue weighted by Gasteiger charge is -2.06. The van der Waals surface area contributed by atoms with Crippen LogP contribution in [-0.2, 0) is 0 Å². The number of carbonyl (C=O) groups is 2. The molecule has 0 aliphatic heterocycles. The molecule has 0 saturated heterocycles. The summed E-state index contributed by atoms with van der Waals surface area (Å²) >= 11 is 1.33. The molecular formula is C19H13N3O4S. The molecule has 0 spiro atoms. The number of furan rings is 2. The zero-order chi connectivity index (χ0) is 18.6. The first-order valence-electron chi connectivity index (χ1n) is 7.95. The van der Waals surface area contributed by atoms with Crippen LogP contribution >= 0.6 is 11.3 Å². The normalized spacial score (nSPS) is 10.5. The lowest BCUT2D eigenvalue weighted by atomic mass is 10.2. The van der Waals surface area contributed by atoms with Gasteiger partial charge in [-0.15, -0.1) is 11.3 Å². The van der Waals surface area contributed by atoms with Gasteiger partial charge >= 0.3 is 0 Å². The Kier molecular flexibility index (Phi) is 4.54. The number of rotatable bonds is 5. The number of anilines is 2. The smallest absolute Gasteiger partial charge is 0.291 e. The van der Waals surface area contributed by atoms with Crippen molar-refractivity contribution in [2.24, 2.45) is 0 Å². The molecule has 4 aromatic rings. The third kappa shape index (κ3) is 3.80. The molecule has 0 atom stereocenters. The van der Waals surface area contributed by atoms with Crippen LogP contribution < -0.4 is 10.6 Å². The van der Waals surface area contributed by atoms with Crippen molar-refractivity contribution in [3.63, 3.8) is 0 Å². The molecule has 7 nitrogen and oxygen atoms in total. The highest BCUT2D eigenvalue weighted by atomic mass is 32.1. The molecule has 134 valence electrons. The highest BCUT2D eigenvalue weighted by Crippen LogP contribution is 2.24. The van der Waals surface area contributed by atoms with E-state index in [1.165, 1.54) is 17.6 Å². The van der Waals surface area contributed by atoms with Gasteiger partial charge in [-0.25, -0.2) is 4.98 Å². The molecule has 0 aliphatic carbocycles. The van der Waals surface area contributed by atoms with Gasteiger partial charge in [0.2, 0.25) is 0 Å². The number of hydrogen-bond acceptors (Lipinski definition) is 6. The zero-order valence-corrected chi connectivity index (χ0v) is 14.7. The van der Waals surface area contributed by atoms with Crippen LogP contribution in [0, 0.1) is 0 Å². The van der Waals surface area contributed by atoms with E-state index in [0.717, 1.165) is 0 Å². The summed E-state index contributed by atoms with van der Waals surface area (Å²) in [5, 5.41) is 7.79. The van der Waals surface area contributed by atoms with Gasteiger partial charge in [-0.3, -0.25) is 9.59 Å². The van der Waals surface area contributed by atoms with E-state index in [9.17, 15) is 9.59 Å². The molecule has 2 amide bonds. The minimum absolute atomic E-state index is 0.225. The first kappa shape index (κ1) is 16.8. The number of carbonyl (C=O) groups excluding carboxylic acids is 2. The fraction of sp³-hybridized carbons (Fsp3) is 0. The number of aromatic nitrogens is 1. The van der Waals surface area contributed by atoms with Crippen molar-refractivity contribution < 1.29 is 18.4 Å². The van der Waals surface area contributed by atoms with E-state index >= 15 is 0 Å². The van der Waals surface area contributed by atoms with E-state index in [4.69, 9.17) is 8.83 Å². The lowest BCUT2D eigenvalue weighted by molar-refractivity contribution is 0.0994. The Morgan fingerprint density at radius 2 is 1.52 bits per heavy atom. The average molecular weight is 379 g/mol. The van der Waals surface area contributed by atoms with E-state index in [2.05, 4.69) is 15.6 Å². The lowest BCUT2D eigenvalue weighted by Crippen LogP contribution is -2.13. The summed E-state index contributed by atoms with van der Waals surface area (Å²) in [6.45, 7) is 0. The second-order valence-corrected chi connectivity index (χ2v) is 6.34. The maximum Gasteiger partial charge on any atom is 0.291 e. The summed E-state index contributed by atoms with van der Waals surface area (Å²) < 4.78 is 10.3. The number of nitrogens with one attached hydrogen (secondary N) is 2. The van der Waals surface area contributed by atoms with Crippen LogP contribution in [0.25, 0.3) is 10.8 Å². The predicted octanol–water partition coefficient (Wildman–Crippen LogP) is 4.50. The molecule has 8 heteroatoms. The van der Waals surface area contributed by atoms with E-state index < -0.39 is 0 Å². The number of nitrogens with zero attached hydrogens (tertiary/aromatic N) is 1. The van der Waals surface area contributed by atoms with Gasteiger partial charge < -0.3 is 19.5 Å². The number of amides is 2. The monoisotopic (exact) mass is 379 g/mol. The number of thiazole rings is 1. The molecule has 3 heterocycles. The number of hydrogen-bond donors (Lipinski definition) is 2. The van der Waals surface area contributed by atoms with Gasteiger partial charge in [0, 0.05) is 16.8 Å². The van der Waals surface area contributed by atoms with Gasteiger partial charge in [0.1, 0.15) is 5.69 Å². The highest BCUT2D eigenvalue weighted by Gasteiger charge is 2.14. The van der Waals surface area contributed by atoms with Crippen molar-refractivity contribution in [2.45, 2.75) is 0 Å². The minimum atomic E-state index is -0.343. The summed E-state index contributed by atoms with van der Waals surface area (Å²) in [6.07, 6.45) is 2.99. The Hall–Kier alpha value is -3.65. The van der Waals surface area contributed by atoms with Gasteiger partial charge in [0.25, 0.3) is 11.8 Å². The molecule has 0 radical (unpaired) electrons. The molecule has 4 rings (SSSR count). The minimum Gasteiger partial charge on any atom is -0.462 e. The second kappa shape index (κ2) is 7.30. The summed E-state index contributed by atoms with van der Waals surface area (Å²) in [6, 6.07) is 13.5. The van der Waals surface area contributed by atoms with Crippen molar-refractivity contribution in [3.05, 3.63) is 77.9 Å². The molecule has 0 saturated carbocycles. The third-order valence-electron chi connectivity index (χ3n) is 3.61. The first-order chi connectivity index (χ1) is 13.2. The molecule has 0 aliphatic rings. The third-order valence-corrected chi connectivity index (χ3v) is 4.47. The van der Waals surface area contributed by atoms with Gasteiger partial charge in [-0.05, 0) is 48.5 Å². The van der Waals surface area contributed by atoms with Crippen LogP contribution in [0.4, 0.5) is 11.4 Å². The maximum absolute atomic E-state index is 12.3. The fourth-order valence-corrected chi connectivity index (χ4v) is 3.09. The highest BCUT2D eigenvalue weighted by molar-refractivity contribution is 7.13.